The van der Waals surface area contributed by atoms with E-state index < -0.39 is 0 Å². The summed E-state index contributed by atoms with van der Waals surface area (Å²) in [4.78, 5) is 11.4. The molecule has 1 rings (SSSR count). The van der Waals surface area contributed by atoms with Crippen LogP contribution in [0.25, 0.3) is 0 Å². The van der Waals surface area contributed by atoms with Gasteiger partial charge in [-0.25, -0.2) is 0 Å². The average molecular weight is 213 g/mol. The first-order valence-electron chi connectivity index (χ1n) is 4.50. The molecule has 4 nitrogen and oxygen atoms in total. The lowest BCUT2D eigenvalue weighted by atomic mass is 10.3. The number of nitrogens with one attached hydrogen (secondary N) is 2. The van der Waals surface area contributed by atoms with Gasteiger partial charge in [0.2, 0.25) is 5.91 Å². The number of rotatable bonds is 5. The quantitative estimate of drug-likeness (QED) is 0.761. The Labute approximate surface area is 87.9 Å². The van der Waals surface area contributed by atoms with E-state index in [1.807, 2.05) is 6.26 Å². The zero-order valence-corrected chi connectivity index (χ0v) is 9.23. The van der Waals surface area contributed by atoms with Crippen molar-refractivity contribution in [3.63, 3.8) is 0 Å². The third kappa shape index (κ3) is 3.83. The number of thioether (sulfide) groups is 1. The van der Waals surface area contributed by atoms with Gasteiger partial charge in [0.1, 0.15) is 0 Å². The molecule has 0 bridgehead atoms. The molecule has 0 radical (unpaired) electrons. The van der Waals surface area contributed by atoms with Gasteiger partial charge in [0, 0.05) is 23.7 Å². The molecular formula is C9H15N3OS. The van der Waals surface area contributed by atoms with Gasteiger partial charge < -0.3 is 5.32 Å². The smallest absolute Gasteiger partial charge is 0.226 e. The molecule has 1 amide bonds. The number of H-pyrrole nitrogens is 1. The van der Waals surface area contributed by atoms with Crippen LogP contribution in [0.5, 0.6) is 0 Å². The van der Waals surface area contributed by atoms with E-state index >= 15 is 0 Å². The van der Waals surface area contributed by atoms with Crippen molar-refractivity contribution in [2.75, 3.05) is 12.8 Å². The fourth-order valence-corrected chi connectivity index (χ4v) is 1.21. The molecule has 0 aliphatic rings. The number of aromatic nitrogens is 2. The van der Waals surface area contributed by atoms with Crippen molar-refractivity contribution in [3.8, 4) is 0 Å². The lowest BCUT2D eigenvalue weighted by Gasteiger charge is -2.08. The van der Waals surface area contributed by atoms with Gasteiger partial charge >= 0.3 is 0 Å². The van der Waals surface area contributed by atoms with Gasteiger partial charge in [0.25, 0.3) is 0 Å². The summed E-state index contributed by atoms with van der Waals surface area (Å²) in [5, 5.41) is 9.85. The van der Waals surface area contributed by atoms with Crippen molar-refractivity contribution in [1.29, 1.82) is 0 Å². The standard InChI is InChI=1S/C9H15N3OS/c1-7(14-2)6-10-9(13)5-8-3-4-11-12-8/h3-4,7H,5-6H2,1-2H3,(H,10,13)(H,11,12). The van der Waals surface area contributed by atoms with E-state index in [0.29, 0.717) is 18.2 Å². The Morgan fingerprint density at radius 2 is 2.57 bits per heavy atom. The minimum Gasteiger partial charge on any atom is -0.355 e. The summed E-state index contributed by atoms with van der Waals surface area (Å²) in [5.41, 5.74) is 0.847. The van der Waals surface area contributed by atoms with Crippen molar-refractivity contribution in [2.45, 2.75) is 18.6 Å². The molecule has 0 aliphatic carbocycles. The molecule has 1 atom stereocenters. The Morgan fingerprint density at radius 1 is 1.79 bits per heavy atom. The predicted octanol–water partition coefficient (Wildman–Crippen LogP) is 0.820. The fourth-order valence-electron chi connectivity index (χ4n) is 0.960. The highest BCUT2D eigenvalue weighted by Gasteiger charge is 2.05. The van der Waals surface area contributed by atoms with Crippen LogP contribution >= 0.6 is 11.8 Å². The third-order valence-corrected chi connectivity index (χ3v) is 2.87. The highest BCUT2D eigenvalue weighted by Crippen LogP contribution is 2.02. The molecule has 1 heterocycles. The molecule has 0 fully saturated rings. The third-order valence-electron chi connectivity index (χ3n) is 1.90. The SMILES string of the molecule is CSC(C)CNC(=O)Cc1ccn[nH]1. The maximum Gasteiger partial charge on any atom is 0.226 e. The second-order valence-corrected chi connectivity index (χ2v) is 4.39. The number of nitrogens with zero attached hydrogens (tertiary/aromatic N) is 1. The molecule has 0 saturated heterocycles. The van der Waals surface area contributed by atoms with Crippen LogP contribution in [0.15, 0.2) is 12.3 Å². The van der Waals surface area contributed by atoms with Crippen LogP contribution in [0.4, 0.5) is 0 Å². The first kappa shape index (κ1) is 11.1. The summed E-state index contributed by atoms with van der Waals surface area (Å²) in [6.07, 6.45) is 4.06. The summed E-state index contributed by atoms with van der Waals surface area (Å²) in [5.74, 6) is 0.0372. The van der Waals surface area contributed by atoms with E-state index in [4.69, 9.17) is 0 Å². The van der Waals surface area contributed by atoms with Crippen molar-refractivity contribution in [2.24, 2.45) is 0 Å². The Balaban J connectivity index is 2.23. The highest BCUT2D eigenvalue weighted by atomic mass is 32.2. The second-order valence-electron chi connectivity index (χ2n) is 3.11. The van der Waals surface area contributed by atoms with E-state index in [-0.39, 0.29) is 5.91 Å². The lowest BCUT2D eigenvalue weighted by Crippen LogP contribution is -2.30. The maximum atomic E-state index is 11.4. The predicted molar refractivity (Wildman–Crippen MR) is 58.3 cm³/mol. The summed E-state index contributed by atoms with van der Waals surface area (Å²) in [7, 11) is 0. The summed E-state index contributed by atoms with van der Waals surface area (Å²) in [6.45, 7) is 2.80. The van der Waals surface area contributed by atoms with Crippen LogP contribution in [-0.4, -0.2) is 34.2 Å². The summed E-state index contributed by atoms with van der Waals surface area (Å²) < 4.78 is 0. The molecule has 14 heavy (non-hydrogen) atoms. The fraction of sp³-hybridized carbons (Fsp3) is 0.556. The van der Waals surface area contributed by atoms with Crippen LogP contribution in [-0.2, 0) is 11.2 Å². The Bertz CT molecular complexity index is 274. The average Bonchev–Trinajstić information content (AvgIpc) is 2.66. The summed E-state index contributed by atoms with van der Waals surface area (Å²) in [6, 6.07) is 1.80. The number of aromatic amines is 1. The molecule has 0 spiro atoms. The normalized spacial score (nSPS) is 12.4. The van der Waals surface area contributed by atoms with Crippen molar-refractivity contribution >= 4 is 17.7 Å². The number of carbonyl (C=O) groups excluding carboxylic acids is 1. The molecule has 1 unspecified atom stereocenters. The molecule has 1 aromatic heterocycles. The number of hydrogen-bond acceptors (Lipinski definition) is 3. The zero-order chi connectivity index (χ0) is 10.4. The molecule has 0 aromatic carbocycles. The molecule has 5 heteroatoms. The Hall–Kier alpha value is -0.970. The van der Waals surface area contributed by atoms with Gasteiger partial charge in [0.05, 0.1) is 6.42 Å². The van der Waals surface area contributed by atoms with Gasteiger partial charge in [0.15, 0.2) is 0 Å². The topological polar surface area (TPSA) is 57.8 Å². The van der Waals surface area contributed by atoms with E-state index in [2.05, 4.69) is 22.4 Å². The van der Waals surface area contributed by atoms with E-state index in [1.165, 1.54) is 0 Å². The van der Waals surface area contributed by atoms with Gasteiger partial charge in [-0.1, -0.05) is 6.92 Å². The van der Waals surface area contributed by atoms with Gasteiger partial charge in [-0.05, 0) is 12.3 Å². The van der Waals surface area contributed by atoms with Gasteiger partial charge in [-0.2, -0.15) is 16.9 Å². The second kappa shape index (κ2) is 5.70. The summed E-state index contributed by atoms with van der Waals surface area (Å²) >= 11 is 1.74. The van der Waals surface area contributed by atoms with Crippen molar-refractivity contribution < 1.29 is 4.79 Å². The first-order chi connectivity index (χ1) is 6.72. The van der Waals surface area contributed by atoms with E-state index in [0.717, 1.165) is 5.69 Å². The van der Waals surface area contributed by atoms with Crippen molar-refractivity contribution in [1.82, 2.24) is 15.5 Å². The molecule has 0 aliphatic heterocycles. The van der Waals surface area contributed by atoms with Crippen LogP contribution in [0.2, 0.25) is 0 Å². The largest absolute Gasteiger partial charge is 0.355 e. The van der Waals surface area contributed by atoms with Crippen molar-refractivity contribution in [3.05, 3.63) is 18.0 Å². The first-order valence-corrected chi connectivity index (χ1v) is 5.79. The Morgan fingerprint density at radius 3 is 3.14 bits per heavy atom. The van der Waals surface area contributed by atoms with Crippen LogP contribution < -0.4 is 5.32 Å². The molecule has 0 saturated carbocycles. The molecule has 2 N–H and O–H groups in total. The molecule has 1 aromatic rings. The lowest BCUT2D eigenvalue weighted by molar-refractivity contribution is -0.120. The maximum absolute atomic E-state index is 11.4. The highest BCUT2D eigenvalue weighted by molar-refractivity contribution is 7.99. The number of hydrogen-bond donors (Lipinski definition) is 2. The Kier molecular flexibility index (Phi) is 4.52. The van der Waals surface area contributed by atoms with Crippen LogP contribution in [0.1, 0.15) is 12.6 Å². The number of amides is 1. The van der Waals surface area contributed by atoms with E-state index in [1.54, 1.807) is 24.0 Å². The van der Waals surface area contributed by atoms with Crippen LogP contribution in [0.3, 0.4) is 0 Å². The number of carbonyl (C=O) groups is 1. The molecule has 78 valence electrons. The van der Waals surface area contributed by atoms with Crippen LogP contribution in [0, 0.1) is 0 Å². The van der Waals surface area contributed by atoms with E-state index in [9.17, 15) is 4.79 Å². The van der Waals surface area contributed by atoms with Gasteiger partial charge in [-0.15, -0.1) is 0 Å². The molecular weight excluding hydrogens is 198 g/mol. The zero-order valence-electron chi connectivity index (χ0n) is 8.41. The van der Waals surface area contributed by atoms with Gasteiger partial charge in [-0.3, -0.25) is 9.89 Å². The minimum absolute atomic E-state index is 0.0372. The monoisotopic (exact) mass is 213 g/mol. The minimum atomic E-state index is 0.0372.